The lowest BCUT2D eigenvalue weighted by Crippen LogP contribution is -2.15. The van der Waals surface area contributed by atoms with E-state index in [2.05, 4.69) is 6.92 Å². The molecule has 3 nitrogen and oxygen atoms in total. The van der Waals surface area contributed by atoms with Gasteiger partial charge < -0.3 is 9.47 Å². The molecule has 0 aliphatic carbocycles. The van der Waals surface area contributed by atoms with Crippen LogP contribution in [0.2, 0.25) is 0 Å². The van der Waals surface area contributed by atoms with Crippen molar-refractivity contribution in [2.45, 2.75) is 33.6 Å². The first-order chi connectivity index (χ1) is 8.08. The summed E-state index contributed by atoms with van der Waals surface area (Å²) in [5, 5.41) is 0. The average molecular weight is 236 g/mol. The Bertz CT molecular complexity index is 383. The molecule has 0 saturated heterocycles. The third kappa shape index (κ3) is 3.77. The van der Waals surface area contributed by atoms with Crippen LogP contribution in [0.25, 0.3) is 0 Å². The second kappa shape index (κ2) is 6.28. The molecule has 0 N–H and O–H groups in total. The molecule has 0 saturated carbocycles. The maximum atomic E-state index is 11.5. The Balaban J connectivity index is 2.88. The van der Waals surface area contributed by atoms with Crippen LogP contribution in [0.15, 0.2) is 18.2 Å². The summed E-state index contributed by atoms with van der Waals surface area (Å²) in [5.74, 6) is 0.720. The molecule has 17 heavy (non-hydrogen) atoms. The molecule has 1 aromatic carbocycles. The molecule has 94 valence electrons. The monoisotopic (exact) mass is 236 g/mol. The largest absolute Gasteiger partial charge is 0.493 e. The van der Waals surface area contributed by atoms with E-state index in [9.17, 15) is 4.79 Å². The number of esters is 1. The number of carbonyl (C=O) groups excluding carboxylic acids is 1. The predicted molar refractivity (Wildman–Crippen MR) is 67.5 cm³/mol. The number of rotatable bonds is 5. The zero-order valence-electron chi connectivity index (χ0n) is 10.9. The maximum absolute atomic E-state index is 11.5. The Morgan fingerprint density at radius 2 is 2.00 bits per heavy atom. The minimum atomic E-state index is -0.244. The number of carbonyl (C=O) groups is 1. The molecule has 0 atom stereocenters. The Hall–Kier alpha value is -1.51. The van der Waals surface area contributed by atoms with Gasteiger partial charge in [-0.15, -0.1) is 0 Å². The van der Waals surface area contributed by atoms with E-state index >= 15 is 0 Å². The van der Waals surface area contributed by atoms with Gasteiger partial charge in [0.25, 0.3) is 0 Å². The normalized spacial score (nSPS) is 10.4. The summed E-state index contributed by atoms with van der Waals surface area (Å²) in [5.41, 5.74) is 1.19. The molecular formula is C14H20O3. The van der Waals surface area contributed by atoms with Crippen molar-refractivity contribution in [3.05, 3.63) is 23.8 Å². The first kappa shape index (κ1) is 13.6. The first-order valence-electron chi connectivity index (χ1n) is 5.97. The summed E-state index contributed by atoms with van der Waals surface area (Å²) in [6.45, 7) is 5.74. The van der Waals surface area contributed by atoms with E-state index < -0.39 is 0 Å². The van der Waals surface area contributed by atoms with Gasteiger partial charge >= 0.3 is 5.97 Å². The van der Waals surface area contributed by atoms with Crippen molar-refractivity contribution in [3.63, 3.8) is 0 Å². The van der Waals surface area contributed by atoms with Gasteiger partial charge in [0, 0.05) is 0 Å². The highest BCUT2D eigenvalue weighted by Gasteiger charge is 2.13. The SMILES string of the molecule is CCCc1ccc(OC(=O)C(C)C)c(OC)c1. The summed E-state index contributed by atoms with van der Waals surface area (Å²) in [4.78, 5) is 11.5. The second-order valence-corrected chi connectivity index (χ2v) is 4.31. The molecule has 1 rings (SSSR count). The second-order valence-electron chi connectivity index (χ2n) is 4.31. The third-order valence-corrected chi connectivity index (χ3v) is 2.45. The van der Waals surface area contributed by atoms with Gasteiger partial charge in [0.1, 0.15) is 0 Å². The van der Waals surface area contributed by atoms with Crippen molar-refractivity contribution in [2.75, 3.05) is 7.11 Å². The van der Waals surface area contributed by atoms with Crippen LogP contribution >= 0.6 is 0 Å². The molecule has 0 spiro atoms. The molecule has 0 unspecified atom stereocenters. The van der Waals surface area contributed by atoms with Gasteiger partial charge in [0.05, 0.1) is 13.0 Å². The lowest BCUT2D eigenvalue weighted by Gasteiger charge is -2.12. The van der Waals surface area contributed by atoms with Gasteiger partial charge in [-0.2, -0.15) is 0 Å². The molecule has 0 amide bonds. The molecule has 0 heterocycles. The number of aryl methyl sites for hydroxylation is 1. The van der Waals surface area contributed by atoms with Crippen molar-refractivity contribution < 1.29 is 14.3 Å². The fourth-order valence-corrected chi connectivity index (χ4v) is 1.47. The molecule has 0 fully saturated rings. The van der Waals surface area contributed by atoms with E-state index in [1.807, 2.05) is 12.1 Å². The van der Waals surface area contributed by atoms with Crippen LogP contribution in [-0.4, -0.2) is 13.1 Å². The summed E-state index contributed by atoms with van der Waals surface area (Å²) >= 11 is 0. The Kier molecular flexibility index (Phi) is 5.01. The van der Waals surface area contributed by atoms with Crippen LogP contribution in [0.1, 0.15) is 32.8 Å². The van der Waals surface area contributed by atoms with Gasteiger partial charge in [0.2, 0.25) is 0 Å². The van der Waals surface area contributed by atoms with Gasteiger partial charge in [-0.3, -0.25) is 4.79 Å². The molecule has 0 aliphatic rings. The van der Waals surface area contributed by atoms with Crippen LogP contribution in [0.3, 0.4) is 0 Å². The summed E-state index contributed by atoms with van der Waals surface area (Å²) in [7, 11) is 1.58. The predicted octanol–water partition coefficient (Wildman–Crippen LogP) is 3.21. The number of ether oxygens (including phenoxy) is 2. The first-order valence-corrected chi connectivity index (χ1v) is 5.97. The lowest BCUT2D eigenvalue weighted by atomic mass is 10.1. The minimum absolute atomic E-state index is 0.143. The number of hydrogen-bond acceptors (Lipinski definition) is 3. The molecule has 0 aliphatic heterocycles. The Morgan fingerprint density at radius 3 is 2.53 bits per heavy atom. The van der Waals surface area contributed by atoms with Crippen LogP contribution in [0.4, 0.5) is 0 Å². The molecular weight excluding hydrogens is 216 g/mol. The van der Waals surface area contributed by atoms with Gasteiger partial charge in [-0.1, -0.05) is 33.3 Å². The summed E-state index contributed by atoms with van der Waals surface area (Å²) in [6, 6.07) is 5.69. The van der Waals surface area contributed by atoms with Crippen molar-refractivity contribution >= 4 is 5.97 Å². The van der Waals surface area contributed by atoms with Crippen LogP contribution < -0.4 is 9.47 Å². The lowest BCUT2D eigenvalue weighted by molar-refractivity contribution is -0.137. The highest BCUT2D eigenvalue weighted by Crippen LogP contribution is 2.29. The van der Waals surface area contributed by atoms with Crippen molar-refractivity contribution in [1.82, 2.24) is 0 Å². The van der Waals surface area contributed by atoms with Crippen molar-refractivity contribution in [3.8, 4) is 11.5 Å². The highest BCUT2D eigenvalue weighted by molar-refractivity contribution is 5.75. The van der Waals surface area contributed by atoms with E-state index in [1.54, 1.807) is 27.0 Å². The van der Waals surface area contributed by atoms with Gasteiger partial charge in [-0.25, -0.2) is 0 Å². The fourth-order valence-electron chi connectivity index (χ4n) is 1.47. The van der Waals surface area contributed by atoms with Crippen LogP contribution in [0.5, 0.6) is 11.5 Å². The number of methoxy groups -OCH3 is 1. The van der Waals surface area contributed by atoms with E-state index in [1.165, 1.54) is 5.56 Å². The standard InChI is InChI=1S/C14H20O3/c1-5-6-11-7-8-12(13(9-11)16-4)17-14(15)10(2)3/h7-10H,5-6H2,1-4H3. The Labute approximate surface area is 103 Å². The third-order valence-electron chi connectivity index (χ3n) is 2.45. The summed E-state index contributed by atoms with van der Waals surface area (Å²) in [6.07, 6.45) is 2.07. The zero-order chi connectivity index (χ0) is 12.8. The highest BCUT2D eigenvalue weighted by atomic mass is 16.6. The van der Waals surface area contributed by atoms with Gasteiger partial charge in [0.15, 0.2) is 11.5 Å². The van der Waals surface area contributed by atoms with E-state index in [0.717, 1.165) is 12.8 Å². The Morgan fingerprint density at radius 1 is 1.29 bits per heavy atom. The van der Waals surface area contributed by atoms with Crippen LogP contribution in [0, 0.1) is 5.92 Å². The molecule has 3 heteroatoms. The minimum Gasteiger partial charge on any atom is -0.493 e. The maximum Gasteiger partial charge on any atom is 0.313 e. The number of hydrogen-bond donors (Lipinski definition) is 0. The van der Waals surface area contributed by atoms with Crippen molar-refractivity contribution in [1.29, 1.82) is 0 Å². The fraction of sp³-hybridized carbons (Fsp3) is 0.500. The van der Waals surface area contributed by atoms with Crippen molar-refractivity contribution in [2.24, 2.45) is 5.92 Å². The van der Waals surface area contributed by atoms with E-state index in [0.29, 0.717) is 11.5 Å². The van der Waals surface area contributed by atoms with E-state index in [-0.39, 0.29) is 11.9 Å². The smallest absolute Gasteiger partial charge is 0.313 e. The molecule has 0 radical (unpaired) electrons. The summed E-state index contributed by atoms with van der Waals surface area (Å²) < 4.78 is 10.5. The van der Waals surface area contributed by atoms with E-state index in [4.69, 9.17) is 9.47 Å². The number of benzene rings is 1. The molecule has 1 aromatic rings. The average Bonchev–Trinajstić information content (AvgIpc) is 2.31. The zero-order valence-corrected chi connectivity index (χ0v) is 10.9. The molecule has 0 aromatic heterocycles. The molecule has 0 bridgehead atoms. The van der Waals surface area contributed by atoms with Crippen LogP contribution in [-0.2, 0) is 11.2 Å². The topological polar surface area (TPSA) is 35.5 Å². The van der Waals surface area contributed by atoms with Gasteiger partial charge in [-0.05, 0) is 24.1 Å². The quantitative estimate of drug-likeness (QED) is 0.581.